The third kappa shape index (κ3) is 2.30. The molecule has 0 bridgehead atoms. The lowest BCUT2D eigenvalue weighted by atomic mass is 10.0. The Morgan fingerprint density at radius 1 is 1.15 bits per heavy atom. The van der Waals surface area contributed by atoms with Gasteiger partial charge in [0.25, 0.3) is 0 Å². The minimum Gasteiger partial charge on any atom is -0.497 e. The predicted octanol–water partition coefficient (Wildman–Crippen LogP) is 3.62. The second kappa shape index (κ2) is 5.21. The second-order valence-corrected chi connectivity index (χ2v) is 4.55. The van der Waals surface area contributed by atoms with E-state index in [1.807, 2.05) is 54.6 Å². The van der Waals surface area contributed by atoms with Crippen LogP contribution in [-0.4, -0.2) is 13.1 Å². The highest BCUT2D eigenvalue weighted by Gasteiger charge is 2.28. The summed E-state index contributed by atoms with van der Waals surface area (Å²) in [6.07, 6.45) is 3.51. The van der Waals surface area contributed by atoms with E-state index in [9.17, 15) is 4.79 Å². The molecule has 1 aliphatic rings. The van der Waals surface area contributed by atoms with Gasteiger partial charge in [-0.25, -0.2) is 4.79 Å². The molecule has 100 valence electrons. The maximum absolute atomic E-state index is 11.7. The topological polar surface area (TPSA) is 35.5 Å². The number of carbonyl (C=O) groups excluding carboxylic acids is 1. The van der Waals surface area contributed by atoms with Crippen molar-refractivity contribution in [2.75, 3.05) is 7.11 Å². The molecule has 0 radical (unpaired) electrons. The van der Waals surface area contributed by atoms with Gasteiger partial charge in [-0.3, -0.25) is 0 Å². The van der Waals surface area contributed by atoms with E-state index in [-0.39, 0.29) is 12.1 Å². The molecule has 0 fully saturated rings. The number of ether oxygens (including phenoxy) is 2. The first-order chi connectivity index (χ1) is 9.78. The van der Waals surface area contributed by atoms with Gasteiger partial charge < -0.3 is 9.47 Å². The third-order valence-corrected chi connectivity index (χ3v) is 3.28. The lowest BCUT2D eigenvalue weighted by molar-refractivity contribution is 0.0468. The molecule has 3 heteroatoms. The summed E-state index contributed by atoms with van der Waals surface area (Å²) in [7, 11) is 1.64. The first-order valence-electron chi connectivity index (χ1n) is 6.40. The van der Waals surface area contributed by atoms with Gasteiger partial charge >= 0.3 is 5.97 Å². The molecule has 3 nitrogen and oxygen atoms in total. The van der Waals surface area contributed by atoms with Crippen LogP contribution in [0.3, 0.4) is 0 Å². The smallest absolute Gasteiger partial charge is 0.339 e. The number of cyclic esters (lactones) is 1. The van der Waals surface area contributed by atoms with Crippen molar-refractivity contribution in [2.45, 2.75) is 6.10 Å². The van der Waals surface area contributed by atoms with Crippen molar-refractivity contribution in [2.24, 2.45) is 0 Å². The SMILES string of the molecule is COc1cccc(/C=C/[C@@H]2OC(=O)c3ccccc32)c1. The van der Waals surface area contributed by atoms with Gasteiger partial charge in [-0.15, -0.1) is 0 Å². The maximum atomic E-state index is 11.7. The van der Waals surface area contributed by atoms with Gasteiger partial charge in [-0.2, -0.15) is 0 Å². The van der Waals surface area contributed by atoms with Crippen molar-refractivity contribution in [3.8, 4) is 5.75 Å². The molecule has 1 atom stereocenters. The van der Waals surface area contributed by atoms with Crippen LogP contribution < -0.4 is 4.74 Å². The molecule has 2 aromatic rings. The summed E-state index contributed by atoms with van der Waals surface area (Å²) >= 11 is 0. The fourth-order valence-corrected chi connectivity index (χ4v) is 2.26. The summed E-state index contributed by atoms with van der Waals surface area (Å²) in [6.45, 7) is 0. The molecule has 20 heavy (non-hydrogen) atoms. The molecule has 2 aromatic carbocycles. The van der Waals surface area contributed by atoms with E-state index in [2.05, 4.69) is 0 Å². The Hall–Kier alpha value is -2.55. The van der Waals surface area contributed by atoms with Gasteiger partial charge in [-0.1, -0.05) is 36.4 Å². The average Bonchev–Trinajstić information content (AvgIpc) is 2.82. The minimum absolute atomic E-state index is 0.263. The van der Waals surface area contributed by atoms with E-state index in [4.69, 9.17) is 9.47 Å². The van der Waals surface area contributed by atoms with Crippen molar-refractivity contribution < 1.29 is 14.3 Å². The first-order valence-corrected chi connectivity index (χ1v) is 6.40. The number of esters is 1. The van der Waals surface area contributed by atoms with Gasteiger partial charge in [-0.05, 0) is 29.8 Å². The zero-order chi connectivity index (χ0) is 13.9. The van der Waals surface area contributed by atoms with Crippen LogP contribution in [-0.2, 0) is 4.74 Å². The molecule has 0 unspecified atom stereocenters. The van der Waals surface area contributed by atoms with Gasteiger partial charge in [0.2, 0.25) is 0 Å². The van der Waals surface area contributed by atoms with E-state index in [1.54, 1.807) is 13.2 Å². The normalized spacial score (nSPS) is 17.1. The van der Waals surface area contributed by atoms with Crippen LogP contribution in [0.15, 0.2) is 54.6 Å². The van der Waals surface area contributed by atoms with Crippen molar-refractivity contribution in [1.29, 1.82) is 0 Å². The van der Waals surface area contributed by atoms with E-state index in [1.165, 1.54) is 0 Å². The summed E-state index contributed by atoms with van der Waals surface area (Å²) in [5.74, 6) is 0.539. The van der Waals surface area contributed by atoms with Crippen LogP contribution in [0.1, 0.15) is 27.6 Å². The third-order valence-electron chi connectivity index (χ3n) is 3.28. The van der Waals surface area contributed by atoms with Crippen LogP contribution in [0.5, 0.6) is 5.75 Å². The lowest BCUT2D eigenvalue weighted by Gasteiger charge is -2.05. The molecule has 0 aliphatic carbocycles. The number of hydrogen-bond donors (Lipinski definition) is 0. The van der Waals surface area contributed by atoms with Crippen molar-refractivity contribution in [1.82, 2.24) is 0 Å². The number of methoxy groups -OCH3 is 1. The standard InChI is InChI=1S/C17H14O3/c1-19-13-6-4-5-12(11-13)9-10-16-14-7-2-3-8-15(14)17(18)20-16/h2-11,16H,1H3/b10-9+/t16-/m0/s1. The van der Waals surface area contributed by atoms with Gasteiger partial charge in [0.15, 0.2) is 0 Å². The summed E-state index contributed by atoms with van der Waals surface area (Å²) < 4.78 is 10.5. The zero-order valence-corrected chi connectivity index (χ0v) is 11.1. The molecule has 1 aliphatic heterocycles. The summed E-state index contributed by atoms with van der Waals surface area (Å²) in [5.41, 5.74) is 2.56. The van der Waals surface area contributed by atoms with Gasteiger partial charge in [0, 0.05) is 5.56 Å². The average molecular weight is 266 g/mol. The van der Waals surface area contributed by atoms with Gasteiger partial charge in [0.05, 0.1) is 12.7 Å². The fourth-order valence-electron chi connectivity index (χ4n) is 2.26. The Morgan fingerprint density at radius 2 is 2.00 bits per heavy atom. The molecule has 3 rings (SSSR count). The molecular formula is C17H14O3. The highest BCUT2D eigenvalue weighted by Crippen LogP contribution is 2.31. The zero-order valence-electron chi connectivity index (χ0n) is 11.1. The molecule has 0 N–H and O–H groups in total. The Bertz CT molecular complexity index is 673. The maximum Gasteiger partial charge on any atom is 0.339 e. The predicted molar refractivity (Wildman–Crippen MR) is 76.6 cm³/mol. The summed E-state index contributed by atoms with van der Waals surface area (Å²) in [4.78, 5) is 11.7. The first kappa shape index (κ1) is 12.5. The molecule has 0 amide bonds. The van der Waals surface area contributed by atoms with Crippen molar-refractivity contribution in [3.63, 3.8) is 0 Å². The highest BCUT2D eigenvalue weighted by molar-refractivity contribution is 5.94. The molecule has 0 aromatic heterocycles. The number of fused-ring (bicyclic) bond motifs is 1. The van der Waals surface area contributed by atoms with Gasteiger partial charge in [0.1, 0.15) is 11.9 Å². The van der Waals surface area contributed by atoms with Crippen molar-refractivity contribution in [3.05, 3.63) is 71.3 Å². The monoisotopic (exact) mass is 266 g/mol. The van der Waals surface area contributed by atoms with E-state index >= 15 is 0 Å². The number of rotatable bonds is 3. The quantitative estimate of drug-likeness (QED) is 0.796. The summed E-state index contributed by atoms with van der Waals surface area (Å²) in [5, 5.41) is 0. The van der Waals surface area contributed by atoms with Crippen LogP contribution >= 0.6 is 0 Å². The Balaban J connectivity index is 1.85. The second-order valence-electron chi connectivity index (χ2n) is 4.55. The number of benzene rings is 2. The molecule has 0 spiro atoms. The molecule has 1 heterocycles. The Morgan fingerprint density at radius 3 is 2.85 bits per heavy atom. The van der Waals surface area contributed by atoms with Crippen LogP contribution in [0, 0.1) is 0 Å². The number of hydrogen-bond acceptors (Lipinski definition) is 3. The van der Waals surface area contributed by atoms with Crippen LogP contribution in [0.4, 0.5) is 0 Å². The minimum atomic E-state index is -0.315. The Kier molecular flexibility index (Phi) is 3.25. The summed E-state index contributed by atoms with van der Waals surface area (Å²) in [6, 6.07) is 15.2. The van der Waals surface area contributed by atoms with Crippen LogP contribution in [0.2, 0.25) is 0 Å². The largest absolute Gasteiger partial charge is 0.497 e. The van der Waals surface area contributed by atoms with E-state index < -0.39 is 0 Å². The fraction of sp³-hybridized carbons (Fsp3) is 0.118. The molecule has 0 saturated heterocycles. The lowest BCUT2D eigenvalue weighted by Crippen LogP contribution is -1.95. The molecular weight excluding hydrogens is 252 g/mol. The Labute approximate surface area is 117 Å². The van der Waals surface area contributed by atoms with E-state index in [0.29, 0.717) is 5.56 Å². The van der Waals surface area contributed by atoms with E-state index in [0.717, 1.165) is 16.9 Å². The highest BCUT2D eigenvalue weighted by atomic mass is 16.5. The van der Waals surface area contributed by atoms with Crippen molar-refractivity contribution >= 4 is 12.0 Å². The molecule has 0 saturated carbocycles. The van der Waals surface area contributed by atoms with Crippen LogP contribution in [0.25, 0.3) is 6.08 Å². The number of carbonyl (C=O) groups is 1.